The van der Waals surface area contributed by atoms with Crippen molar-refractivity contribution in [1.82, 2.24) is 14.5 Å². The standard InChI is InChI=1S/C14H11ClIN3/c1-9-10(16)4-2-6-12(9)19-13(8-15)18-11-5-3-7-17-14(11)19/h2-7H,8H2,1H3. The number of alkyl halides is 1. The fourth-order valence-corrected chi connectivity index (χ4v) is 2.80. The molecule has 0 unspecified atom stereocenters. The van der Waals surface area contributed by atoms with E-state index >= 15 is 0 Å². The molecular formula is C14H11ClIN3. The van der Waals surface area contributed by atoms with Gasteiger partial charge in [0, 0.05) is 9.77 Å². The minimum absolute atomic E-state index is 0.362. The van der Waals surface area contributed by atoms with Crippen molar-refractivity contribution in [3.05, 3.63) is 51.5 Å². The lowest BCUT2D eigenvalue weighted by Gasteiger charge is -2.11. The van der Waals surface area contributed by atoms with Gasteiger partial charge in [0.15, 0.2) is 5.65 Å². The van der Waals surface area contributed by atoms with Gasteiger partial charge in [0.1, 0.15) is 11.3 Å². The molecule has 0 amide bonds. The molecular weight excluding hydrogens is 373 g/mol. The number of imidazole rings is 1. The third-order valence-electron chi connectivity index (χ3n) is 3.09. The molecule has 1 aromatic carbocycles. The van der Waals surface area contributed by atoms with E-state index < -0.39 is 0 Å². The SMILES string of the molecule is Cc1c(I)cccc1-n1c(CCl)nc2cccnc21. The van der Waals surface area contributed by atoms with Crippen LogP contribution < -0.4 is 0 Å². The summed E-state index contributed by atoms with van der Waals surface area (Å²) < 4.78 is 3.26. The van der Waals surface area contributed by atoms with Crippen LogP contribution in [0, 0.1) is 10.5 Å². The van der Waals surface area contributed by atoms with Gasteiger partial charge in [-0.1, -0.05) is 6.07 Å². The highest BCUT2D eigenvalue weighted by Gasteiger charge is 2.14. The number of fused-ring (bicyclic) bond motifs is 1. The Kier molecular flexibility index (Phi) is 3.45. The monoisotopic (exact) mass is 383 g/mol. The molecule has 0 atom stereocenters. The third kappa shape index (κ3) is 2.12. The smallest absolute Gasteiger partial charge is 0.164 e. The van der Waals surface area contributed by atoms with Crippen molar-refractivity contribution in [3.8, 4) is 5.69 Å². The Morgan fingerprint density at radius 1 is 1.26 bits per heavy atom. The van der Waals surface area contributed by atoms with Crippen molar-refractivity contribution in [1.29, 1.82) is 0 Å². The Morgan fingerprint density at radius 3 is 2.89 bits per heavy atom. The van der Waals surface area contributed by atoms with E-state index in [-0.39, 0.29) is 0 Å². The predicted molar refractivity (Wildman–Crippen MR) is 85.9 cm³/mol. The average Bonchev–Trinajstić information content (AvgIpc) is 2.80. The lowest BCUT2D eigenvalue weighted by molar-refractivity contribution is 0.959. The van der Waals surface area contributed by atoms with Gasteiger partial charge in [-0.15, -0.1) is 11.6 Å². The average molecular weight is 384 g/mol. The maximum absolute atomic E-state index is 6.03. The largest absolute Gasteiger partial charge is 0.279 e. The molecule has 2 aromatic heterocycles. The second-order valence-corrected chi connectivity index (χ2v) is 5.66. The second-order valence-electron chi connectivity index (χ2n) is 4.23. The second kappa shape index (κ2) is 5.09. The first-order chi connectivity index (χ1) is 9.22. The maximum Gasteiger partial charge on any atom is 0.164 e. The van der Waals surface area contributed by atoms with E-state index in [1.54, 1.807) is 6.20 Å². The highest BCUT2D eigenvalue weighted by atomic mass is 127. The molecule has 3 aromatic rings. The van der Waals surface area contributed by atoms with Crippen LogP contribution in [0.5, 0.6) is 0 Å². The summed E-state index contributed by atoms with van der Waals surface area (Å²) in [5.74, 6) is 1.18. The summed E-state index contributed by atoms with van der Waals surface area (Å²) in [5.41, 5.74) is 4.02. The first-order valence-corrected chi connectivity index (χ1v) is 7.47. The van der Waals surface area contributed by atoms with Gasteiger partial charge in [-0.2, -0.15) is 0 Å². The molecule has 0 fully saturated rings. The molecule has 0 radical (unpaired) electrons. The molecule has 3 nitrogen and oxygen atoms in total. The minimum Gasteiger partial charge on any atom is -0.279 e. The van der Waals surface area contributed by atoms with Crippen molar-refractivity contribution in [2.75, 3.05) is 0 Å². The summed E-state index contributed by atoms with van der Waals surface area (Å²) in [5, 5.41) is 0. The number of nitrogens with zero attached hydrogens (tertiary/aromatic N) is 3. The number of aromatic nitrogens is 3. The van der Waals surface area contributed by atoms with Crippen molar-refractivity contribution < 1.29 is 0 Å². The Morgan fingerprint density at radius 2 is 2.11 bits per heavy atom. The first-order valence-electron chi connectivity index (χ1n) is 5.86. The molecule has 2 heterocycles. The third-order valence-corrected chi connectivity index (χ3v) is 4.49. The van der Waals surface area contributed by atoms with Gasteiger partial charge in [0.25, 0.3) is 0 Å². The van der Waals surface area contributed by atoms with E-state index in [0.717, 1.165) is 22.7 Å². The van der Waals surface area contributed by atoms with E-state index in [0.29, 0.717) is 5.88 Å². The summed E-state index contributed by atoms with van der Waals surface area (Å²) in [6.45, 7) is 2.10. The summed E-state index contributed by atoms with van der Waals surface area (Å²) in [7, 11) is 0. The van der Waals surface area contributed by atoms with E-state index in [1.807, 2.05) is 22.8 Å². The fraction of sp³-hybridized carbons (Fsp3) is 0.143. The van der Waals surface area contributed by atoms with Crippen LogP contribution in [0.3, 0.4) is 0 Å². The van der Waals surface area contributed by atoms with Crippen molar-refractivity contribution in [2.45, 2.75) is 12.8 Å². The maximum atomic E-state index is 6.03. The highest BCUT2D eigenvalue weighted by Crippen LogP contribution is 2.25. The van der Waals surface area contributed by atoms with Crippen LogP contribution in [0.4, 0.5) is 0 Å². The van der Waals surface area contributed by atoms with Crippen LogP contribution in [0.2, 0.25) is 0 Å². The van der Waals surface area contributed by atoms with Gasteiger partial charge in [0.2, 0.25) is 0 Å². The van der Waals surface area contributed by atoms with Gasteiger partial charge in [0.05, 0.1) is 11.6 Å². The molecule has 0 aliphatic heterocycles. The van der Waals surface area contributed by atoms with Crippen molar-refractivity contribution in [2.24, 2.45) is 0 Å². The Balaban J connectivity index is 2.38. The van der Waals surface area contributed by atoms with Gasteiger partial charge < -0.3 is 0 Å². The molecule has 96 valence electrons. The van der Waals surface area contributed by atoms with E-state index in [4.69, 9.17) is 11.6 Å². The fourth-order valence-electron chi connectivity index (χ4n) is 2.14. The van der Waals surface area contributed by atoms with E-state index in [9.17, 15) is 0 Å². The van der Waals surface area contributed by atoms with E-state index in [1.165, 1.54) is 9.13 Å². The summed E-state index contributed by atoms with van der Waals surface area (Å²) in [6, 6.07) is 10.0. The molecule has 0 saturated heterocycles. The summed E-state index contributed by atoms with van der Waals surface area (Å²) >= 11 is 8.37. The molecule has 0 N–H and O–H groups in total. The van der Waals surface area contributed by atoms with E-state index in [2.05, 4.69) is 51.6 Å². The Bertz CT molecular complexity index is 752. The molecule has 0 aliphatic carbocycles. The number of pyridine rings is 1. The molecule has 3 rings (SSSR count). The zero-order valence-corrected chi connectivity index (χ0v) is 13.2. The van der Waals surface area contributed by atoms with Crippen molar-refractivity contribution in [3.63, 3.8) is 0 Å². The van der Waals surface area contributed by atoms with Crippen LogP contribution in [0.1, 0.15) is 11.4 Å². The topological polar surface area (TPSA) is 30.7 Å². The molecule has 0 saturated carbocycles. The van der Waals surface area contributed by atoms with Crippen molar-refractivity contribution >= 4 is 45.4 Å². The summed E-state index contributed by atoms with van der Waals surface area (Å²) in [4.78, 5) is 8.98. The zero-order valence-electron chi connectivity index (χ0n) is 10.3. The zero-order chi connectivity index (χ0) is 13.4. The Labute approximate surface area is 129 Å². The number of hydrogen-bond acceptors (Lipinski definition) is 2. The van der Waals surface area contributed by atoms with Crippen LogP contribution >= 0.6 is 34.2 Å². The number of benzene rings is 1. The van der Waals surface area contributed by atoms with Gasteiger partial charge >= 0.3 is 0 Å². The molecule has 19 heavy (non-hydrogen) atoms. The van der Waals surface area contributed by atoms with Gasteiger partial charge in [-0.25, -0.2) is 9.97 Å². The number of hydrogen-bond donors (Lipinski definition) is 0. The Hall–Kier alpha value is -1.14. The molecule has 0 spiro atoms. The van der Waals surface area contributed by atoms with Crippen LogP contribution in [0.25, 0.3) is 16.9 Å². The lowest BCUT2D eigenvalue weighted by Crippen LogP contribution is -2.03. The normalized spacial score (nSPS) is 11.1. The highest BCUT2D eigenvalue weighted by molar-refractivity contribution is 14.1. The molecule has 5 heteroatoms. The minimum atomic E-state index is 0.362. The summed E-state index contributed by atoms with van der Waals surface area (Å²) in [6.07, 6.45) is 1.78. The van der Waals surface area contributed by atoms with Crippen LogP contribution in [-0.2, 0) is 5.88 Å². The van der Waals surface area contributed by atoms with Crippen LogP contribution in [-0.4, -0.2) is 14.5 Å². The van der Waals surface area contributed by atoms with Crippen LogP contribution in [0.15, 0.2) is 36.5 Å². The van der Waals surface area contributed by atoms with Gasteiger partial charge in [-0.05, 0) is 59.3 Å². The first kappa shape index (κ1) is 12.9. The number of halogens is 2. The quantitative estimate of drug-likeness (QED) is 0.493. The predicted octanol–water partition coefficient (Wildman–Crippen LogP) is 4.07. The van der Waals surface area contributed by atoms with Gasteiger partial charge in [-0.3, -0.25) is 4.57 Å². The molecule has 0 aliphatic rings. The molecule has 0 bridgehead atoms. The number of rotatable bonds is 2. The lowest BCUT2D eigenvalue weighted by atomic mass is 10.2.